The summed E-state index contributed by atoms with van der Waals surface area (Å²) in [5, 5.41) is 42.7. The van der Waals surface area contributed by atoms with Gasteiger partial charge in [-0.05, 0) is 33.1 Å². The first kappa shape index (κ1) is 35.9. The van der Waals surface area contributed by atoms with Crippen LogP contribution < -0.4 is 21.5 Å². The molecule has 0 spiro atoms. The van der Waals surface area contributed by atoms with Crippen LogP contribution in [0.1, 0.15) is 6.92 Å². The minimum absolute atomic E-state index is 0.111. The van der Waals surface area contributed by atoms with Crippen LogP contribution in [0, 0.1) is 0 Å². The lowest BCUT2D eigenvalue weighted by atomic mass is 10.3. The van der Waals surface area contributed by atoms with Crippen LogP contribution in [0.25, 0.3) is 0 Å². The van der Waals surface area contributed by atoms with Crippen molar-refractivity contribution in [2.45, 2.75) is 19.0 Å². The molecule has 1 amide bonds. The quantitative estimate of drug-likeness (QED) is 0.139. The Morgan fingerprint density at radius 3 is 1.58 bits per heavy atom. The minimum Gasteiger partial charge on any atom is -0.480 e. The maximum Gasteiger partial charge on any atom is 0.322 e. The van der Waals surface area contributed by atoms with Crippen molar-refractivity contribution in [3.63, 3.8) is 0 Å². The first-order valence-electron chi connectivity index (χ1n) is 8.32. The van der Waals surface area contributed by atoms with E-state index in [9.17, 15) is 24.0 Å². The molecule has 2 atom stereocenters. The van der Waals surface area contributed by atoms with Gasteiger partial charge in [0.1, 0.15) is 12.1 Å². The number of carbonyl (C=O) groups is 5. The lowest BCUT2D eigenvalue weighted by molar-refractivity contribution is -0.140. The Morgan fingerprint density at radius 2 is 1.45 bits per heavy atom. The predicted molar refractivity (Wildman–Crippen MR) is 112 cm³/mol. The number of nitrogens with zero attached hydrogens (tertiary/aromatic N) is 1. The number of aliphatic hydroxyl groups excluding tert-OH is 1. The molecule has 0 aromatic rings. The summed E-state index contributed by atoms with van der Waals surface area (Å²) in [6.07, 6.45) is 0. The molecule has 0 aromatic carbocycles. The van der Waals surface area contributed by atoms with Crippen LogP contribution >= 0.6 is 11.9 Å². The van der Waals surface area contributed by atoms with Gasteiger partial charge in [0.05, 0.1) is 19.7 Å². The summed E-state index contributed by atoms with van der Waals surface area (Å²) in [7, 11) is 5.00. The summed E-state index contributed by atoms with van der Waals surface area (Å²) in [6.45, 7) is 0.706. The van der Waals surface area contributed by atoms with Crippen LogP contribution in [0.3, 0.4) is 0 Å². The number of likely N-dealkylation sites (N-methyl/N-ethyl adjacent to an activating group) is 2. The Hall–Kier alpha value is -2.50. The molecule has 11 N–H and O–H groups in total. The first-order valence-corrected chi connectivity index (χ1v) is 9.30. The van der Waals surface area contributed by atoms with Crippen molar-refractivity contribution in [1.82, 2.24) is 14.9 Å². The number of hydrogen-bond donors (Lipinski definition) is 9. The molecular formula is C15H33N5O10S. The number of carboxylic acid groups (broad SMARTS) is 4. The third kappa shape index (κ3) is 38.7. The van der Waals surface area contributed by atoms with Crippen LogP contribution in [-0.2, 0) is 24.0 Å². The molecule has 0 radical (unpaired) electrons. The normalized spacial score (nSPS) is 11.1. The summed E-state index contributed by atoms with van der Waals surface area (Å²) in [5.41, 5.74) is 9.34. The number of aliphatic hydroxyl groups is 1. The van der Waals surface area contributed by atoms with E-state index in [1.165, 1.54) is 6.92 Å². The van der Waals surface area contributed by atoms with Crippen molar-refractivity contribution >= 4 is 41.7 Å². The average molecular weight is 476 g/mol. The highest BCUT2D eigenvalue weighted by molar-refractivity contribution is 7.98. The highest BCUT2D eigenvalue weighted by Crippen LogP contribution is 1.97. The van der Waals surface area contributed by atoms with Gasteiger partial charge in [0.2, 0.25) is 5.91 Å². The van der Waals surface area contributed by atoms with Gasteiger partial charge in [0.15, 0.2) is 0 Å². The third-order valence-corrected chi connectivity index (χ3v) is 3.18. The fraction of sp³-hybridized carbons (Fsp3) is 0.667. The molecule has 16 heteroatoms. The zero-order valence-electron chi connectivity index (χ0n) is 17.8. The Labute approximate surface area is 183 Å². The lowest BCUT2D eigenvalue weighted by Crippen LogP contribution is -2.37. The number of nitrogens with one attached hydrogen (secondary N) is 2. The van der Waals surface area contributed by atoms with Crippen molar-refractivity contribution in [3.05, 3.63) is 0 Å². The molecule has 0 aliphatic carbocycles. The number of nitrogens with two attached hydrogens (primary N) is 2. The van der Waals surface area contributed by atoms with Gasteiger partial charge in [-0.15, -0.1) is 0 Å². The van der Waals surface area contributed by atoms with Gasteiger partial charge < -0.3 is 47.0 Å². The van der Waals surface area contributed by atoms with E-state index in [1.807, 2.05) is 0 Å². The Morgan fingerprint density at radius 1 is 1.00 bits per heavy atom. The second kappa shape index (κ2) is 23.8. The number of carboxylic acids is 4. The summed E-state index contributed by atoms with van der Waals surface area (Å²) in [6, 6.07) is -1.75. The molecular weight excluding hydrogens is 442 g/mol. The van der Waals surface area contributed by atoms with Gasteiger partial charge in [-0.1, -0.05) is 0 Å². The van der Waals surface area contributed by atoms with Crippen LogP contribution in [0.15, 0.2) is 0 Å². The standard InChI is InChI=1S/C6H12N2O3S.C4H9NO2.C3H7NO3.C2H5NO2/c1-4(9)8-12-3-5(7-2)6(10)11;1-5(2)3-4(6)7;4-2(1-5)3(6)7;3-1-2(4)5/h5,7H,3H2,1-2H3,(H,8,9)(H,10,11);3H2,1-2H3,(H,6,7);2,5H,1,4H2,(H,6,7);1,3H2,(H,4,5)/t5-;;2-;/m0.0./s1. The van der Waals surface area contributed by atoms with E-state index >= 15 is 0 Å². The van der Waals surface area contributed by atoms with Crippen molar-refractivity contribution in [3.8, 4) is 0 Å². The molecule has 0 rings (SSSR count). The maximum absolute atomic E-state index is 10.4. The van der Waals surface area contributed by atoms with Crippen LogP contribution in [0.5, 0.6) is 0 Å². The van der Waals surface area contributed by atoms with Crippen molar-refractivity contribution < 1.29 is 49.5 Å². The van der Waals surface area contributed by atoms with Crippen LogP contribution in [0.2, 0.25) is 0 Å². The summed E-state index contributed by atoms with van der Waals surface area (Å²) < 4.78 is 2.44. The van der Waals surface area contributed by atoms with E-state index in [1.54, 1.807) is 26.0 Å². The molecule has 0 aromatic heterocycles. The van der Waals surface area contributed by atoms with Gasteiger partial charge in [-0.2, -0.15) is 0 Å². The summed E-state index contributed by atoms with van der Waals surface area (Å²) in [5.74, 6) is -3.72. The van der Waals surface area contributed by atoms with E-state index in [2.05, 4.69) is 15.8 Å². The average Bonchev–Trinajstić information content (AvgIpc) is 2.64. The molecule has 15 nitrogen and oxygen atoms in total. The van der Waals surface area contributed by atoms with Crippen molar-refractivity contribution in [2.75, 3.05) is 46.6 Å². The molecule has 0 bridgehead atoms. The van der Waals surface area contributed by atoms with Gasteiger partial charge in [-0.3, -0.25) is 28.9 Å². The second-order valence-corrected chi connectivity index (χ2v) is 6.33. The molecule has 0 unspecified atom stereocenters. The van der Waals surface area contributed by atoms with Crippen molar-refractivity contribution in [2.24, 2.45) is 11.5 Å². The van der Waals surface area contributed by atoms with E-state index in [0.29, 0.717) is 5.75 Å². The molecule has 31 heavy (non-hydrogen) atoms. The summed E-state index contributed by atoms with van der Waals surface area (Å²) >= 11 is 1.08. The van der Waals surface area contributed by atoms with Gasteiger partial charge in [0, 0.05) is 12.7 Å². The Balaban J connectivity index is -0.000000166. The lowest BCUT2D eigenvalue weighted by Gasteiger charge is -2.09. The van der Waals surface area contributed by atoms with Gasteiger partial charge >= 0.3 is 23.9 Å². The van der Waals surface area contributed by atoms with Crippen molar-refractivity contribution in [1.29, 1.82) is 0 Å². The monoisotopic (exact) mass is 475 g/mol. The van der Waals surface area contributed by atoms with Gasteiger partial charge in [-0.25, -0.2) is 0 Å². The second-order valence-electron chi connectivity index (χ2n) is 5.51. The fourth-order valence-corrected chi connectivity index (χ4v) is 1.62. The van der Waals surface area contributed by atoms with E-state index in [4.69, 9.17) is 31.3 Å². The maximum atomic E-state index is 10.4. The third-order valence-electron chi connectivity index (χ3n) is 2.25. The molecule has 0 aliphatic rings. The first-order chi connectivity index (χ1) is 14.2. The number of aliphatic carboxylic acids is 4. The zero-order valence-corrected chi connectivity index (χ0v) is 18.6. The smallest absolute Gasteiger partial charge is 0.322 e. The molecule has 0 aliphatic heterocycles. The molecule has 184 valence electrons. The van der Waals surface area contributed by atoms with Crippen LogP contribution in [0.4, 0.5) is 0 Å². The minimum atomic E-state index is -1.18. The fourth-order valence-electron chi connectivity index (χ4n) is 0.853. The number of carbonyl (C=O) groups excluding carboxylic acids is 1. The molecule has 0 fully saturated rings. The topological polar surface area (TPSA) is 266 Å². The van der Waals surface area contributed by atoms with Crippen LogP contribution in [-0.4, -0.2) is 119 Å². The SMILES string of the molecule is CN(C)CC(=O)O.CN[C@@H](CSNC(C)=O)C(=O)O.NCC(=O)O.N[C@@H](CO)C(=O)O. The molecule has 0 saturated heterocycles. The number of rotatable bonds is 10. The summed E-state index contributed by atoms with van der Waals surface area (Å²) in [4.78, 5) is 51.1. The largest absolute Gasteiger partial charge is 0.480 e. The van der Waals surface area contributed by atoms with Gasteiger partial charge in [0.25, 0.3) is 0 Å². The van der Waals surface area contributed by atoms with E-state index in [-0.39, 0.29) is 19.0 Å². The zero-order chi connectivity index (χ0) is 25.6. The Bertz CT molecular complexity index is 536. The highest BCUT2D eigenvalue weighted by Gasteiger charge is 2.14. The Kier molecular flexibility index (Phi) is 27.5. The van der Waals surface area contributed by atoms with E-state index < -0.39 is 42.6 Å². The van der Waals surface area contributed by atoms with E-state index in [0.717, 1.165) is 11.9 Å². The number of amides is 1. The molecule has 0 saturated carbocycles. The predicted octanol–water partition coefficient (Wildman–Crippen LogP) is -3.50. The molecule has 0 heterocycles. The number of hydrogen-bond acceptors (Lipinski definition) is 11. The highest BCUT2D eigenvalue weighted by atomic mass is 32.2.